The van der Waals surface area contributed by atoms with Gasteiger partial charge in [-0.15, -0.1) is 0 Å². The van der Waals surface area contributed by atoms with Crippen LogP contribution in [0.1, 0.15) is 56.3 Å². The zero-order chi connectivity index (χ0) is 12.9. The zero-order valence-electron chi connectivity index (χ0n) is 12.1. The second-order valence-electron chi connectivity index (χ2n) is 6.23. The van der Waals surface area contributed by atoms with Gasteiger partial charge in [0.05, 0.1) is 0 Å². The highest BCUT2D eigenvalue weighted by Crippen LogP contribution is 2.24. The SMILES string of the molecule is c1cc(CCC2CCCOCC2)n2c1CCCCC2. The highest BCUT2D eigenvalue weighted by Gasteiger charge is 2.15. The van der Waals surface area contributed by atoms with Crippen LogP contribution in [0, 0.1) is 5.92 Å². The Morgan fingerprint density at radius 1 is 1.05 bits per heavy atom. The lowest BCUT2D eigenvalue weighted by Gasteiger charge is -2.15. The highest BCUT2D eigenvalue weighted by atomic mass is 16.5. The quantitative estimate of drug-likeness (QED) is 0.803. The van der Waals surface area contributed by atoms with Gasteiger partial charge in [-0.2, -0.15) is 0 Å². The van der Waals surface area contributed by atoms with Crippen molar-refractivity contribution in [2.75, 3.05) is 13.2 Å². The first-order valence-electron chi connectivity index (χ1n) is 8.18. The monoisotopic (exact) mass is 261 g/mol. The van der Waals surface area contributed by atoms with Crippen LogP contribution < -0.4 is 0 Å². The van der Waals surface area contributed by atoms with Crippen molar-refractivity contribution in [3.8, 4) is 0 Å². The van der Waals surface area contributed by atoms with Gasteiger partial charge in [0.15, 0.2) is 0 Å². The minimum absolute atomic E-state index is 0.888. The van der Waals surface area contributed by atoms with Gasteiger partial charge in [0.25, 0.3) is 0 Å². The molecule has 2 heteroatoms. The van der Waals surface area contributed by atoms with Crippen LogP contribution in [0.4, 0.5) is 0 Å². The van der Waals surface area contributed by atoms with Gasteiger partial charge < -0.3 is 9.30 Å². The Labute approximate surface area is 117 Å². The number of ether oxygens (including phenoxy) is 1. The molecular weight excluding hydrogens is 234 g/mol. The van der Waals surface area contributed by atoms with E-state index in [1.807, 2.05) is 0 Å². The molecule has 0 aromatic carbocycles. The van der Waals surface area contributed by atoms with Crippen LogP contribution >= 0.6 is 0 Å². The van der Waals surface area contributed by atoms with Crippen molar-refractivity contribution in [2.45, 2.75) is 64.3 Å². The third kappa shape index (κ3) is 3.42. The molecule has 0 spiro atoms. The van der Waals surface area contributed by atoms with Gasteiger partial charge in [-0.1, -0.05) is 6.42 Å². The Bertz CT molecular complexity index is 388. The van der Waals surface area contributed by atoms with E-state index in [4.69, 9.17) is 4.74 Å². The van der Waals surface area contributed by atoms with Crippen LogP contribution in [-0.4, -0.2) is 17.8 Å². The lowest BCUT2D eigenvalue weighted by molar-refractivity contribution is 0.141. The van der Waals surface area contributed by atoms with Gasteiger partial charge in [-0.25, -0.2) is 0 Å². The van der Waals surface area contributed by atoms with Gasteiger partial charge in [0, 0.05) is 31.1 Å². The van der Waals surface area contributed by atoms with E-state index >= 15 is 0 Å². The lowest BCUT2D eigenvalue weighted by atomic mass is 9.94. The largest absolute Gasteiger partial charge is 0.381 e. The van der Waals surface area contributed by atoms with Crippen LogP contribution in [0.5, 0.6) is 0 Å². The summed E-state index contributed by atoms with van der Waals surface area (Å²) in [5, 5.41) is 0. The fourth-order valence-electron chi connectivity index (χ4n) is 3.64. The van der Waals surface area contributed by atoms with Gasteiger partial charge in [0.1, 0.15) is 0 Å². The average molecular weight is 261 g/mol. The molecule has 1 unspecified atom stereocenters. The van der Waals surface area contributed by atoms with Gasteiger partial charge >= 0.3 is 0 Å². The molecule has 1 saturated heterocycles. The molecule has 0 aliphatic carbocycles. The van der Waals surface area contributed by atoms with Crippen LogP contribution in [0.15, 0.2) is 12.1 Å². The maximum Gasteiger partial charge on any atom is 0.0468 e. The van der Waals surface area contributed by atoms with Crippen molar-refractivity contribution in [1.29, 1.82) is 0 Å². The molecule has 2 nitrogen and oxygen atoms in total. The Balaban J connectivity index is 1.58. The standard InChI is InChI=1S/C17H27NO/c1-2-6-16-9-10-17(18(16)12-3-1)8-7-15-5-4-13-19-14-11-15/h9-10,15H,1-8,11-14H2. The normalized spacial score (nSPS) is 24.5. The summed E-state index contributed by atoms with van der Waals surface area (Å²) < 4.78 is 8.17. The molecule has 1 aromatic rings. The molecule has 0 amide bonds. The minimum atomic E-state index is 0.888. The van der Waals surface area contributed by atoms with Crippen molar-refractivity contribution < 1.29 is 4.74 Å². The predicted molar refractivity (Wildman–Crippen MR) is 78.5 cm³/mol. The molecule has 0 radical (unpaired) electrons. The smallest absolute Gasteiger partial charge is 0.0468 e. The molecule has 0 bridgehead atoms. The lowest BCUT2D eigenvalue weighted by Crippen LogP contribution is -2.08. The molecule has 2 aliphatic heterocycles. The van der Waals surface area contributed by atoms with E-state index in [1.165, 1.54) is 64.3 Å². The molecule has 2 aliphatic rings. The topological polar surface area (TPSA) is 14.2 Å². The zero-order valence-corrected chi connectivity index (χ0v) is 12.1. The van der Waals surface area contributed by atoms with Crippen LogP contribution in [0.3, 0.4) is 0 Å². The Morgan fingerprint density at radius 3 is 3.05 bits per heavy atom. The van der Waals surface area contributed by atoms with Crippen molar-refractivity contribution in [3.05, 3.63) is 23.5 Å². The summed E-state index contributed by atoms with van der Waals surface area (Å²) in [6, 6.07) is 4.75. The maximum absolute atomic E-state index is 5.56. The second-order valence-corrected chi connectivity index (χ2v) is 6.23. The predicted octanol–water partition coefficient (Wildman–Crippen LogP) is 3.96. The summed E-state index contributed by atoms with van der Waals surface area (Å²) in [6.45, 7) is 3.22. The summed E-state index contributed by atoms with van der Waals surface area (Å²) >= 11 is 0. The number of hydrogen-bond donors (Lipinski definition) is 0. The first-order chi connectivity index (χ1) is 9.43. The summed E-state index contributed by atoms with van der Waals surface area (Å²) in [5.74, 6) is 0.888. The van der Waals surface area contributed by atoms with Crippen molar-refractivity contribution >= 4 is 0 Å². The van der Waals surface area contributed by atoms with Gasteiger partial charge in [-0.3, -0.25) is 0 Å². The molecule has 1 aromatic heterocycles. The van der Waals surface area contributed by atoms with E-state index in [1.54, 1.807) is 11.4 Å². The van der Waals surface area contributed by atoms with Crippen molar-refractivity contribution in [2.24, 2.45) is 5.92 Å². The molecule has 1 atom stereocenters. The molecule has 1 fully saturated rings. The Morgan fingerprint density at radius 2 is 2.05 bits per heavy atom. The molecule has 3 rings (SSSR count). The van der Waals surface area contributed by atoms with Crippen molar-refractivity contribution in [3.63, 3.8) is 0 Å². The number of hydrogen-bond acceptors (Lipinski definition) is 1. The first kappa shape index (κ1) is 13.2. The van der Waals surface area contributed by atoms with Gasteiger partial charge in [-0.05, 0) is 69.4 Å². The molecule has 3 heterocycles. The summed E-state index contributed by atoms with van der Waals surface area (Å²) in [6.07, 6.45) is 12.0. The number of rotatable bonds is 3. The second kappa shape index (κ2) is 6.60. The third-order valence-corrected chi connectivity index (χ3v) is 4.86. The van der Waals surface area contributed by atoms with E-state index in [0.29, 0.717) is 0 Å². The van der Waals surface area contributed by atoms with E-state index < -0.39 is 0 Å². The Hall–Kier alpha value is -0.760. The number of fused-ring (bicyclic) bond motifs is 1. The summed E-state index contributed by atoms with van der Waals surface area (Å²) in [4.78, 5) is 0. The molecular formula is C17H27NO. The van der Waals surface area contributed by atoms with E-state index in [-0.39, 0.29) is 0 Å². The van der Waals surface area contributed by atoms with Gasteiger partial charge in [0.2, 0.25) is 0 Å². The molecule has 0 N–H and O–H groups in total. The fourth-order valence-corrected chi connectivity index (χ4v) is 3.64. The highest BCUT2D eigenvalue weighted by molar-refractivity contribution is 5.17. The third-order valence-electron chi connectivity index (χ3n) is 4.86. The fraction of sp³-hybridized carbons (Fsp3) is 0.765. The molecule has 19 heavy (non-hydrogen) atoms. The van der Waals surface area contributed by atoms with Crippen LogP contribution in [0.25, 0.3) is 0 Å². The minimum Gasteiger partial charge on any atom is -0.381 e. The number of aromatic nitrogens is 1. The summed E-state index contributed by atoms with van der Waals surface area (Å²) in [5.41, 5.74) is 3.17. The van der Waals surface area contributed by atoms with E-state index in [2.05, 4.69) is 16.7 Å². The molecule has 0 saturated carbocycles. The number of nitrogens with zero attached hydrogens (tertiary/aromatic N) is 1. The van der Waals surface area contributed by atoms with E-state index in [9.17, 15) is 0 Å². The first-order valence-corrected chi connectivity index (χ1v) is 8.18. The van der Waals surface area contributed by atoms with Crippen LogP contribution in [-0.2, 0) is 24.1 Å². The van der Waals surface area contributed by atoms with Crippen LogP contribution in [0.2, 0.25) is 0 Å². The summed E-state index contributed by atoms with van der Waals surface area (Å²) in [7, 11) is 0. The number of aryl methyl sites for hydroxylation is 2. The average Bonchev–Trinajstić information content (AvgIpc) is 2.67. The van der Waals surface area contributed by atoms with E-state index in [0.717, 1.165) is 19.1 Å². The van der Waals surface area contributed by atoms with Crippen molar-refractivity contribution in [1.82, 2.24) is 4.57 Å². The maximum atomic E-state index is 5.56. The molecule has 106 valence electrons. The Kier molecular flexibility index (Phi) is 4.60.